The summed E-state index contributed by atoms with van der Waals surface area (Å²) in [6.45, 7) is 8.67. The van der Waals surface area contributed by atoms with E-state index >= 15 is 0 Å². The van der Waals surface area contributed by atoms with Crippen molar-refractivity contribution in [3.05, 3.63) is 63.0 Å². The van der Waals surface area contributed by atoms with Gasteiger partial charge in [-0.15, -0.1) is 0 Å². The number of nitrogens with zero attached hydrogens (tertiary/aromatic N) is 3. The smallest absolute Gasteiger partial charge is 0.356 e. The van der Waals surface area contributed by atoms with E-state index in [1.807, 2.05) is 11.1 Å². The van der Waals surface area contributed by atoms with Gasteiger partial charge in [-0.2, -0.15) is 0 Å². The number of ether oxygens (including phenoxy) is 1. The van der Waals surface area contributed by atoms with Gasteiger partial charge in [-0.1, -0.05) is 26.0 Å². The predicted octanol–water partition coefficient (Wildman–Crippen LogP) is 3.70. The molecule has 0 amide bonds. The molecule has 0 aliphatic carbocycles. The number of hydrazine groups is 1. The minimum Gasteiger partial charge on any atom is -0.461 e. The van der Waals surface area contributed by atoms with Crippen LogP contribution in [0, 0.1) is 15.5 Å². The van der Waals surface area contributed by atoms with Crippen molar-refractivity contribution in [1.29, 1.82) is 0 Å². The molecule has 0 spiro atoms. The van der Waals surface area contributed by atoms with Crippen molar-refractivity contribution < 1.29 is 14.5 Å². The molecule has 1 aromatic rings. The van der Waals surface area contributed by atoms with Crippen molar-refractivity contribution >= 4 is 11.7 Å². The van der Waals surface area contributed by atoms with Crippen molar-refractivity contribution in [2.75, 3.05) is 6.61 Å². The van der Waals surface area contributed by atoms with Gasteiger partial charge in [0.25, 0.3) is 5.69 Å². The highest BCUT2D eigenvalue weighted by Gasteiger charge is 2.56. The molecule has 0 saturated carbocycles. The number of nitro groups is 1. The zero-order valence-electron chi connectivity index (χ0n) is 15.9. The molecule has 7 nitrogen and oxygen atoms in total. The van der Waals surface area contributed by atoms with E-state index in [0.29, 0.717) is 12.3 Å². The summed E-state index contributed by atoms with van der Waals surface area (Å²) >= 11 is 0. The summed E-state index contributed by atoms with van der Waals surface area (Å²) in [6, 6.07) is 6.60. The molecule has 2 atom stereocenters. The molecule has 142 valence electrons. The second-order valence-electron chi connectivity index (χ2n) is 7.77. The third-order valence-electron chi connectivity index (χ3n) is 6.13. The highest BCUT2D eigenvalue weighted by atomic mass is 16.6. The fraction of sp³-hybridized carbons (Fsp3) is 0.450. The van der Waals surface area contributed by atoms with Gasteiger partial charge >= 0.3 is 5.97 Å². The van der Waals surface area contributed by atoms with Gasteiger partial charge in [-0.05, 0) is 31.1 Å². The van der Waals surface area contributed by atoms with Gasteiger partial charge in [-0.25, -0.2) is 4.79 Å². The van der Waals surface area contributed by atoms with Crippen LogP contribution >= 0.6 is 0 Å². The van der Waals surface area contributed by atoms with Gasteiger partial charge in [0.05, 0.1) is 23.6 Å². The Morgan fingerprint density at radius 2 is 1.96 bits per heavy atom. The van der Waals surface area contributed by atoms with E-state index in [-0.39, 0.29) is 29.2 Å². The Morgan fingerprint density at radius 1 is 1.30 bits per heavy atom. The molecule has 1 saturated heterocycles. The first-order valence-electron chi connectivity index (χ1n) is 9.19. The molecule has 27 heavy (non-hydrogen) atoms. The SMILES string of the molecule is CCOC(=O)C1=C[C@@H]2N3C(=C(C)C2(C)C)C[C@@H](c2ccc([N+](=O)[O-])cc2)N13. The van der Waals surface area contributed by atoms with E-state index in [1.54, 1.807) is 19.1 Å². The maximum Gasteiger partial charge on any atom is 0.356 e. The Kier molecular flexibility index (Phi) is 3.80. The lowest BCUT2D eigenvalue weighted by molar-refractivity contribution is -0.384. The number of non-ortho nitro benzene ring substituents is 1. The van der Waals surface area contributed by atoms with Crippen LogP contribution in [0.4, 0.5) is 5.69 Å². The van der Waals surface area contributed by atoms with Crippen LogP contribution < -0.4 is 0 Å². The van der Waals surface area contributed by atoms with Crippen LogP contribution in [0.15, 0.2) is 47.3 Å². The highest BCUT2D eigenvalue weighted by Crippen LogP contribution is 2.57. The first-order chi connectivity index (χ1) is 12.8. The van der Waals surface area contributed by atoms with Gasteiger partial charge < -0.3 is 4.74 Å². The third kappa shape index (κ3) is 2.37. The molecule has 3 aliphatic heterocycles. The maximum atomic E-state index is 12.6. The van der Waals surface area contributed by atoms with E-state index in [4.69, 9.17) is 4.74 Å². The van der Waals surface area contributed by atoms with Gasteiger partial charge in [-0.3, -0.25) is 20.1 Å². The average molecular weight is 369 g/mol. The van der Waals surface area contributed by atoms with Gasteiger partial charge in [0, 0.05) is 29.7 Å². The first-order valence-corrected chi connectivity index (χ1v) is 9.19. The van der Waals surface area contributed by atoms with Crippen molar-refractivity contribution in [2.45, 2.75) is 46.2 Å². The minimum absolute atomic E-state index is 0.0641. The van der Waals surface area contributed by atoms with Crippen molar-refractivity contribution in [1.82, 2.24) is 10.0 Å². The summed E-state index contributed by atoms with van der Waals surface area (Å²) in [5, 5.41) is 15.2. The summed E-state index contributed by atoms with van der Waals surface area (Å²) < 4.78 is 5.29. The van der Waals surface area contributed by atoms with Crippen LogP contribution in [0.2, 0.25) is 0 Å². The van der Waals surface area contributed by atoms with E-state index in [0.717, 1.165) is 12.0 Å². The molecule has 4 rings (SSSR count). The number of hydrogen-bond acceptors (Lipinski definition) is 6. The lowest BCUT2D eigenvalue weighted by atomic mass is 9.80. The Balaban J connectivity index is 1.77. The quantitative estimate of drug-likeness (QED) is 0.458. The number of benzene rings is 1. The van der Waals surface area contributed by atoms with E-state index in [1.165, 1.54) is 23.4 Å². The van der Waals surface area contributed by atoms with Gasteiger partial charge in [0.2, 0.25) is 0 Å². The molecule has 0 aromatic heterocycles. The van der Waals surface area contributed by atoms with E-state index in [9.17, 15) is 14.9 Å². The zero-order valence-corrected chi connectivity index (χ0v) is 15.9. The average Bonchev–Trinajstić information content (AvgIpc) is 3.24. The molecule has 3 heterocycles. The minimum atomic E-state index is -0.401. The Bertz CT molecular complexity index is 885. The van der Waals surface area contributed by atoms with Gasteiger partial charge in [0.15, 0.2) is 0 Å². The second-order valence-corrected chi connectivity index (χ2v) is 7.77. The number of carbonyl (C=O) groups excluding carboxylic acids is 1. The molecule has 0 radical (unpaired) electrons. The predicted molar refractivity (Wildman–Crippen MR) is 99.1 cm³/mol. The highest BCUT2D eigenvalue weighted by molar-refractivity contribution is 5.89. The second kappa shape index (κ2) is 5.84. The first kappa shape index (κ1) is 17.6. The topological polar surface area (TPSA) is 75.9 Å². The summed E-state index contributed by atoms with van der Waals surface area (Å²) in [4.78, 5) is 23.2. The Labute approximate surface area is 158 Å². The molecular weight excluding hydrogens is 346 g/mol. The molecule has 0 bridgehead atoms. The largest absolute Gasteiger partial charge is 0.461 e. The summed E-state index contributed by atoms with van der Waals surface area (Å²) in [7, 11) is 0. The van der Waals surface area contributed by atoms with Crippen LogP contribution in [-0.2, 0) is 9.53 Å². The molecule has 7 heteroatoms. The number of esters is 1. The Hall–Kier alpha value is -2.83. The third-order valence-corrected chi connectivity index (χ3v) is 6.13. The number of rotatable bonds is 4. The van der Waals surface area contributed by atoms with E-state index < -0.39 is 4.92 Å². The molecular formula is C20H23N3O4. The fourth-order valence-corrected chi connectivity index (χ4v) is 4.40. The maximum absolute atomic E-state index is 12.6. The normalized spacial score (nSPS) is 25.0. The van der Waals surface area contributed by atoms with Crippen molar-refractivity contribution in [3.63, 3.8) is 0 Å². The van der Waals surface area contributed by atoms with Crippen LogP contribution in [0.25, 0.3) is 0 Å². The van der Waals surface area contributed by atoms with Crippen LogP contribution in [0.3, 0.4) is 0 Å². The fourth-order valence-electron chi connectivity index (χ4n) is 4.40. The summed E-state index contributed by atoms with van der Waals surface area (Å²) in [6.07, 6.45) is 2.77. The lowest BCUT2D eigenvalue weighted by Crippen LogP contribution is -2.40. The summed E-state index contributed by atoms with van der Waals surface area (Å²) in [5.41, 5.74) is 4.05. The standard InChI is InChI=1S/C20H23N3O4/c1-5-27-19(24)17-11-18-20(3,4)12(2)15-10-16(21(17)22(15)18)13-6-8-14(9-7-13)23(25)26/h6-9,11,16,18H,5,10H2,1-4H3/t16-,18-/m0/s1. The molecule has 3 aliphatic rings. The summed E-state index contributed by atoms with van der Waals surface area (Å²) in [5.74, 6) is -0.325. The lowest BCUT2D eigenvalue weighted by Gasteiger charge is -2.35. The number of nitro benzene ring substituents is 1. The molecule has 0 unspecified atom stereocenters. The molecule has 1 fully saturated rings. The van der Waals surface area contributed by atoms with E-state index in [2.05, 4.69) is 25.8 Å². The number of hydrogen-bond donors (Lipinski definition) is 0. The molecule has 0 N–H and O–H groups in total. The van der Waals surface area contributed by atoms with Crippen molar-refractivity contribution in [2.24, 2.45) is 5.41 Å². The van der Waals surface area contributed by atoms with Crippen LogP contribution in [0.1, 0.15) is 45.7 Å². The van der Waals surface area contributed by atoms with Crippen LogP contribution in [0.5, 0.6) is 0 Å². The number of carbonyl (C=O) groups is 1. The van der Waals surface area contributed by atoms with Gasteiger partial charge in [0.1, 0.15) is 5.70 Å². The Morgan fingerprint density at radius 3 is 2.56 bits per heavy atom. The zero-order chi connectivity index (χ0) is 19.5. The van der Waals surface area contributed by atoms with Crippen molar-refractivity contribution in [3.8, 4) is 0 Å². The van der Waals surface area contributed by atoms with Crippen LogP contribution in [-0.4, -0.2) is 33.6 Å². The molecule has 1 aromatic carbocycles. The monoisotopic (exact) mass is 369 g/mol.